The number of hydrogen-bond acceptors (Lipinski definition) is 4. The fourth-order valence-corrected chi connectivity index (χ4v) is 1.57. The van der Waals surface area contributed by atoms with E-state index in [0.717, 1.165) is 11.1 Å². The van der Waals surface area contributed by atoms with Gasteiger partial charge in [-0.2, -0.15) is 0 Å². The number of aromatic nitrogens is 1. The number of carbonyl (C=O) groups excluding carboxylic acids is 1. The van der Waals surface area contributed by atoms with Crippen LogP contribution in [-0.4, -0.2) is 17.5 Å². The second-order valence-corrected chi connectivity index (χ2v) is 3.41. The molecule has 0 bridgehead atoms. The maximum Gasteiger partial charge on any atom is 0.177 e. The highest BCUT2D eigenvalue weighted by molar-refractivity contribution is 6.06. The molecule has 2 aromatic rings. The molecule has 1 heterocycles. The first-order valence-corrected chi connectivity index (χ1v) is 4.82. The van der Waals surface area contributed by atoms with Crippen molar-refractivity contribution in [2.24, 2.45) is 5.73 Å². The van der Waals surface area contributed by atoms with Crippen molar-refractivity contribution in [3.05, 3.63) is 29.5 Å². The summed E-state index contributed by atoms with van der Waals surface area (Å²) in [6.07, 6.45) is 0.332. The summed E-state index contributed by atoms with van der Waals surface area (Å²) in [4.78, 5) is 11.7. The molecule has 4 heteroatoms. The molecular weight excluding hydrogens is 192 g/mol. The molecule has 0 aliphatic carbocycles. The third-order valence-electron chi connectivity index (χ3n) is 2.35. The lowest BCUT2D eigenvalue weighted by molar-refractivity contribution is 0.0986. The van der Waals surface area contributed by atoms with Crippen LogP contribution < -0.4 is 5.73 Å². The smallest absolute Gasteiger partial charge is 0.177 e. The molecule has 0 radical (unpaired) electrons. The number of benzene rings is 1. The molecule has 1 aromatic heterocycles. The second-order valence-electron chi connectivity index (χ2n) is 3.41. The van der Waals surface area contributed by atoms with Gasteiger partial charge in [-0.1, -0.05) is 11.2 Å². The average molecular weight is 204 g/mol. The molecule has 0 fully saturated rings. The van der Waals surface area contributed by atoms with E-state index in [1.807, 2.05) is 19.1 Å². The van der Waals surface area contributed by atoms with Gasteiger partial charge in [-0.3, -0.25) is 4.79 Å². The SMILES string of the molecule is Cc1noc2c(C(=O)CCN)cccc12. The third-order valence-corrected chi connectivity index (χ3v) is 2.35. The Morgan fingerprint density at radius 3 is 3.07 bits per heavy atom. The Morgan fingerprint density at radius 1 is 1.53 bits per heavy atom. The summed E-state index contributed by atoms with van der Waals surface area (Å²) >= 11 is 0. The van der Waals surface area contributed by atoms with Crippen LogP contribution in [0.25, 0.3) is 11.0 Å². The van der Waals surface area contributed by atoms with Crippen molar-refractivity contribution in [1.82, 2.24) is 5.16 Å². The molecule has 2 rings (SSSR count). The van der Waals surface area contributed by atoms with Gasteiger partial charge in [-0.05, 0) is 25.6 Å². The van der Waals surface area contributed by atoms with E-state index in [0.29, 0.717) is 24.1 Å². The van der Waals surface area contributed by atoms with E-state index in [-0.39, 0.29) is 5.78 Å². The fourth-order valence-electron chi connectivity index (χ4n) is 1.57. The standard InChI is InChI=1S/C11H12N2O2/c1-7-8-3-2-4-9(10(14)5-6-12)11(8)15-13-7/h2-4H,5-6,12H2,1H3. The number of hydrogen-bond donors (Lipinski definition) is 1. The summed E-state index contributed by atoms with van der Waals surface area (Å²) in [6.45, 7) is 2.20. The number of nitrogens with two attached hydrogens (primary N) is 1. The van der Waals surface area contributed by atoms with E-state index >= 15 is 0 Å². The summed E-state index contributed by atoms with van der Waals surface area (Å²) in [6, 6.07) is 5.46. The Balaban J connectivity index is 2.56. The minimum absolute atomic E-state index is 0.000694. The van der Waals surface area contributed by atoms with Crippen LogP contribution in [0.15, 0.2) is 22.7 Å². The van der Waals surface area contributed by atoms with Crippen LogP contribution in [0.4, 0.5) is 0 Å². The first-order chi connectivity index (χ1) is 7.24. The van der Waals surface area contributed by atoms with Gasteiger partial charge in [0.25, 0.3) is 0 Å². The zero-order chi connectivity index (χ0) is 10.8. The molecule has 0 saturated carbocycles. The zero-order valence-corrected chi connectivity index (χ0v) is 8.49. The van der Waals surface area contributed by atoms with E-state index in [1.165, 1.54) is 0 Å². The number of ketones is 1. The van der Waals surface area contributed by atoms with Crippen LogP contribution >= 0.6 is 0 Å². The molecule has 0 aliphatic rings. The topological polar surface area (TPSA) is 69.1 Å². The van der Waals surface area contributed by atoms with Crippen molar-refractivity contribution in [1.29, 1.82) is 0 Å². The number of nitrogens with zero attached hydrogens (tertiary/aromatic N) is 1. The highest BCUT2D eigenvalue weighted by Gasteiger charge is 2.13. The first kappa shape index (κ1) is 9.86. The van der Waals surface area contributed by atoms with E-state index in [9.17, 15) is 4.79 Å². The highest BCUT2D eigenvalue weighted by Crippen LogP contribution is 2.22. The fraction of sp³-hybridized carbons (Fsp3) is 0.273. The summed E-state index contributed by atoms with van der Waals surface area (Å²) in [5, 5.41) is 4.73. The van der Waals surface area contributed by atoms with Gasteiger partial charge in [0.05, 0.1) is 11.3 Å². The van der Waals surface area contributed by atoms with Gasteiger partial charge >= 0.3 is 0 Å². The lowest BCUT2D eigenvalue weighted by Gasteiger charge is -1.98. The average Bonchev–Trinajstić information content (AvgIpc) is 2.61. The maximum absolute atomic E-state index is 11.7. The molecule has 0 aliphatic heterocycles. The Kier molecular flexibility index (Phi) is 2.51. The van der Waals surface area contributed by atoms with Crippen molar-refractivity contribution < 1.29 is 9.32 Å². The minimum Gasteiger partial charge on any atom is -0.355 e. The number of fused-ring (bicyclic) bond motifs is 1. The molecule has 2 N–H and O–H groups in total. The molecule has 0 atom stereocenters. The monoisotopic (exact) mass is 204 g/mol. The van der Waals surface area contributed by atoms with Gasteiger partial charge in [0.2, 0.25) is 0 Å². The molecular formula is C11H12N2O2. The van der Waals surface area contributed by atoms with Gasteiger partial charge in [0, 0.05) is 11.8 Å². The van der Waals surface area contributed by atoms with Crippen LogP contribution in [0, 0.1) is 6.92 Å². The molecule has 0 amide bonds. The van der Waals surface area contributed by atoms with Gasteiger partial charge < -0.3 is 10.3 Å². The summed E-state index contributed by atoms with van der Waals surface area (Å²) in [5.41, 5.74) is 7.28. The van der Waals surface area contributed by atoms with Crippen LogP contribution in [0.1, 0.15) is 22.5 Å². The third kappa shape index (κ3) is 1.64. The van der Waals surface area contributed by atoms with E-state index in [2.05, 4.69) is 5.16 Å². The molecule has 0 spiro atoms. The largest absolute Gasteiger partial charge is 0.355 e. The van der Waals surface area contributed by atoms with Gasteiger partial charge in [0.15, 0.2) is 11.4 Å². The van der Waals surface area contributed by atoms with Gasteiger partial charge in [-0.15, -0.1) is 0 Å². The van der Waals surface area contributed by atoms with E-state index in [4.69, 9.17) is 10.3 Å². The second kappa shape index (κ2) is 3.82. The van der Waals surface area contributed by atoms with Crippen LogP contribution in [0.3, 0.4) is 0 Å². The zero-order valence-electron chi connectivity index (χ0n) is 8.49. The van der Waals surface area contributed by atoms with Crippen molar-refractivity contribution in [3.63, 3.8) is 0 Å². The predicted molar refractivity (Wildman–Crippen MR) is 56.7 cm³/mol. The number of Topliss-reactive ketones (excluding diaryl/α,β-unsaturated/α-hetero) is 1. The van der Waals surface area contributed by atoms with E-state index < -0.39 is 0 Å². The Labute approximate surface area is 87.0 Å². The number of carbonyl (C=O) groups is 1. The quantitative estimate of drug-likeness (QED) is 0.772. The number of para-hydroxylation sites is 1. The summed E-state index contributed by atoms with van der Waals surface area (Å²) in [7, 11) is 0. The number of aryl methyl sites for hydroxylation is 1. The Hall–Kier alpha value is -1.68. The Morgan fingerprint density at radius 2 is 2.33 bits per heavy atom. The van der Waals surface area contributed by atoms with E-state index in [1.54, 1.807) is 6.07 Å². The lowest BCUT2D eigenvalue weighted by Crippen LogP contribution is -2.08. The van der Waals surface area contributed by atoms with Crippen molar-refractivity contribution in [3.8, 4) is 0 Å². The van der Waals surface area contributed by atoms with Crippen molar-refractivity contribution >= 4 is 16.8 Å². The van der Waals surface area contributed by atoms with Crippen LogP contribution in [0.2, 0.25) is 0 Å². The molecule has 0 unspecified atom stereocenters. The van der Waals surface area contributed by atoms with Crippen LogP contribution in [-0.2, 0) is 0 Å². The summed E-state index contributed by atoms with van der Waals surface area (Å²) < 4.78 is 5.14. The molecule has 4 nitrogen and oxygen atoms in total. The molecule has 1 aromatic carbocycles. The summed E-state index contributed by atoms with van der Waals surface area (Å²) in [5.74, 6) is -0.000694. The highest BCUT2D eigenvalue weighted by atomic mass is 16.5. The minimum atomic E-state index is -0.000694. The molecule has 78 valence electrons. The maximum atomic E-state index is 11.7. The molecule has 0 saturated heterocycles. The van der Waals surface area contributed by atoms with Crippen LogP contribution in [0.5, 0.6) is 0 Å². The lowest BCUT2D eigenvalue weighted by atomic mass is 10.1. The first-order valence-electron chi connectivity index (χ1n) is 4.82. The van der Waals surface area contributed by atoms with Crippen molar-refractivity contribution in [2.75, 3.05) is 6.54 Å². The Bertz CT molecular complexity index is 502. The predicted octanol–water partition coefficient (Wildman–Crippen LogP) is 1.67. The normalized spacial score (nSPS) is 10.8. The van der Waals surface area contributed by atoms with Gasteiger partial charge in [0.1, 0.15) is 0 Å². The van der Waals surface area contributed by atoms with Gasteiger partial charge in [-0.25, -0.2) is 0 Å². The number of rotatable bonds is 3. The molecule has 15 heavy (non-hydrogen) atoms. The van der Waals surface area contributed by atoms with Crippen molar-refractivity contribution in [2.45, 2.75) is 13.3 Å².